The van der Waals surface area contributed by atoms with Gasteiger partial charge in [0.05, 0.1) is 18.6 Å². The Bertz CT molecular complexity index is 361. The van der Waals surface area contributed by atoms with Crippen molar-refractivity contribution in [2.75, 3.05) is 26.0 Å². The highest BCUT2D eigenvalue weighted by atomic mass is 35.5. The van der Waals surface area contributed by atoms with Gasteiger partial charge in [-0.3, -0.25) is 0 Å². The van der Waals surface area contributed by atoms with Crippen molar-refractivity contribution in [2.45, 2.75) is 25.2 Å². The standard InChI is InChI=1S/C13H21NO2S.ClH/c1-4-16-13-11(15-3)8-10(6-7-14)9-12(13)17-5-2;/h8-9H,4-7,14H2,1-3H3;1H. The minimum atomic E-state index is 0. The van der Waals surface area contributed by atoms with Crippen LogP contribution in [0.1, 0.15) is 19.4 Å². The first-order valence-corrected chi connectivity index (χ1v) is 6.91. The summed E-state index contributed by atoms with van der Waals surface area (Å²) in [7, 11) is 1.67. The zero-order valence-electron chi connectivity index (χ0n) is 11.2. The Labute approximate surface area is 120 Å². The second kappa shape index (κ2) is 9.36. The molecule has 18 heavy (non-hydrogen) atoms. The topological polar surface area (TPSA) is 44.5 Å². The van der Waals surface area contributed by atoms with E-state index in [0.29, 0.717) is 13.2 Å². The van der Waals surface area contributed by atoms with Gasteiger partial charge < -0.3 is 15.2 Å². The largest absolute Gasteiger partial charge is 0.493 e. The molecule has 3 nitrogen and oxygen atoms in total. The van der Waals surface area contributed by atoms with E-state index in [-0.39, 0.29) is 12.4 Å². The van der Waals surface area contributed by atoms with E-state index >= 15 is 0 Å². The van der Waals surface area contributed by atoms with Crippen molar-refractivity contribution in [1.29, 1.82) is 0 Å². The Hall–Kier alpha value is -0.580. The third-order valence-electron chi connectivity index (χ3n) is 2.32. The highest BCUT2D eigenvalue weighted by Gasteiger charge is 2.12. The summed E-state index contributed by atoms with van der Waals surface area (Å²) in [5.74, 6) is 2.66. The normalized spacial score (nSPS) is 9.78. The second-order valence-electron chi connectivity index (χ2n) is 3.53. The van der Waals surface area contributed by atoms with Crippen molar-refractivity contribution in [3.05, 3.63) is 17.7 Å². The molecule has 0 radical (unpaired) electrons. The minimum absolute atomic E-state index is 0. The van der Waals surface area contributed by atoms with Gasteiger partial charge in [0.15, 0.2) is 11.5 Å². The second-order valence-corrected chi connectivity index (χ2v) is 4.84. The molecule has 0 aliphatic heterocycles. The summed E-state index contributed by atoms with van der Waals surface area (Å²) < 4.78 is 11.1. The maximum absolute atomic E-state index is 5.67. The zero-order valence-corrected chi connectivity index (χ0v) is 12.8. The van der Waals surface area contributed by atoms with E-state index in [2.05, 4.69) is 13.0 Å². The first-order valence-electron chi connectivity index (χ1n) is 5.93. The maximum Gasteiger partial charge on any atom is 0.174 e. The molecule has 104 valence electrons. The fourth-order valence-electron chi connectivity index (χ4n) is 1.64. The number of methoxy groups -OCH3 is 1. The predicted octanol–water partition coefficient (Wildman–Crippen LogP) is 3.13. The molecule has 0 atom stereocenters. The first kappa shape index (κ1) is 17.4. The van der Waals surface area contributed by atoms with Crippen molar-refractivity contribution in [2.24, 2.45) is 5.73 Å². The molecule has 0 aromatic heterocycles. The summed E-state index contributed by atoms with van der Waals surface area (Å²) in [4.78, 5) is 1.14. The molecule has 1 rings (SSSR count). The van der Waals surface area contributed by atoms with Gasteiger partial charge in [-0.05, 0) is 43.3 Å². The fraction of sp³-hybridized carbons (Fsp3) is 0.538. The average Bonchev–Trinajstić information content (AvgIpc) is 2.33. The Balaban J connectivity index is 0.00000289. The van der Waals surface area contributed by atoms with Crippen LogP contribution in [0.25, 0.3) is 0 Å². The minimum Gasteiger partial charge on any atom is -0.493 e. The average molecular weight is 292 g/mol. The van der Waals surface area contributed by atoms with Crippen LogP contribution in [0.4, 0.5) is 0 Å². The Morgan fingerprint density at radius 2 is 2.00 bits per heavy atom. The summed E-state index contributed by atoms with van der Waals surface area (Å²) in [6, 6.07) is 4.16. The van der Waals surface area contributed by atoms with E-state index in [0.717, 1.165) is 28.6 Å². The van der Waals surface area contributed by atoms with Gasteiger partial charge in [0.2, 0.25) is 0 Å². The van der Waals surface area contributed by atoms with E-state index < -0.39 is 0 Å². The molecule has 0 heterocycles. The number of hydrogen-bond donors (Lipinski definition) is 1. The van der Waals surface area contributed by atoms with Crippen LogP contribution in [0.15, 0.2) is 17.0 Å². The zero-order chi connectivity index (χ0) is 12.7. The van der Waals surface area contributed by atoms with Crippen molar-refractivity contribution in [3.8, 4) is 11.5 Å². The van der Waals surface area contributed by atoms with Crippen LogP contribution in [-0.4, -0.2) is 26.0 Å². The van der Waals surface area contributed by atoms with Crippen molar-refractivity contribution in [3.63, 3.8) is 0 Å². The molecule has 0 fully saturated rings. The molecule has 0 amide bonds. The number of rotatable bonds is 7. The summed E-state index contributed by atoms with van der Waals surface area (Å²) in [5.41, 5.74) is 6.79. The number of hydrogen-bond acceptors (Lipinski definition) is 4. The number of halogens is 1. The molecule has 1 aromatic carbocycles. The Morgan fingerprint density at radius 3 is 2.50 bits per heavy atom. The highest BCUT2D eigenvalue weighted by Crippen LogP contribution is 2.39. The lowest BCUT2D eigenvalue weighted by molar-refractivity contribution is 0.303. The summed E-state index contributed by atoms with van der Waals surface area (Å²) in [5, 5.41) is 0. The van der Waals surface area contributed by atoms with E-state index in [1.54, 1.807) is 18.9 Å². The summed E-state index contributed by atoms with van der Waals surface area (Å²) in [6.07, 6.45) is 0.861. The highest BCUT2D eigenvalue weighted by molar-refractivity contribution is 7.99. The van der Waals surface area contributed by atoms with Crippen LogP contribution in [0, 0.1) is 0 Å². The van der Waals surface area contributed by atoms with Gasteiger partial charge in [-0.1, -0.05) is 6.92 Å². The molecular formula is C13H22ClNO2S. The summed E-state index contributed by atoms with van der Waals surface area (Å²) in [6.45, 7) is 5.40. The molecule has 2 N–H and O–H groups in total. The number of benzene rings is 1. The number of thioether (sulfide) groups is 1. The van der Waals surface area contributed by atoms with E-state index in [4.69, 9.17) is 15.2 Å². The van der Waals surface area contributed by atoms with Crippen LogP contribution in [-0.2, 0) is 6.42 Å². The molecule has 0 spiro atoms. The van der Waals surface area contributed by atoms with Gasteiger partial charge in [0, 0.05) is 0 Å². The monoisotopic (exact) mass is 291 g/mol. The number of ether oxygens (including phenoxy) is 2. The van der Waals surface area contributed by atoms with E-state index in [1.807, 2.05) is 13.0 Å². The van der Waals surface area contributed by atoms with Crippen molar-refractivity contribution >= 4 is 24.2 Å². The van der Waals surface area contributed by atoms with Gasteiger partial charge in [-0.2, -0.15) is 0 Å². The van der Waals surface area contributed by atoms with Gasteiger partial charge in [-0.25, -0.2) is 0 Å². The van der Waals surface area contributed by atoms with Crippen LogP contribution >= 0.6 is 24.2 Å². The lowest BCUT2D eigenvalue weighted by Gasteiger charge is -2.15. The first-order chi connectivity index (χ1) is 8.26. The SMILES string of the molecule is CCOc1c(OC)cc(CCN)cc1SCC.Cl. The molecule has 0 bridgehead atoms. The van der Waals surface area contributed by atoms with Gasteiger partial charge in [0.25, 0.3) is 0 Å². The van der Waals surface area contributed by atoms with E-state index in [1.165, 1.54) is 5.56 Å². The van der Waals surface area contributed by atoms with Crippen LogP contribution in [0.3, 0.4) is 0 Å². The number of nitrogens with two attached hydrogens (primary N) is 1. The molecule has 1 aromatic rings. The maximum atomic E-state index is 5.67. The van der Waals surface area contributed by atoms with Crippen molar-refractivity contribution < 1.29 is 9.47 Å². The van der Waals surface area contributed by atoms with Crippen LogP contribution in [0.5, 0.6) is 11.5 Å². The fourth-order valence-corrected chi connectivity index (χ4v) is 2.48. The molecule has 5 heteroatoms. The lowest BCUT2D eigenvalue weighted by Crippen LogP contribution is -2.04. The lowest BCUT2D eigenvalue weighted by atomic mass is 10.1. The molecule has 0 aliphatic carbocycles. The Morgan fingerprint density at radius 1 is 1.28 bits per heavy atom. The van der Waals surface area contributed by atoms with Gasteiger partial charge >= 0.3 is 0 Å². The molecule has 0 saturated carbocycles. The van der Waals surface area contributed by atoms with Gasteiger partial charge in [-0.15, -0.1) is 24.2 Å². The van der Waals surface area contributed by atoms with Crippen LogP contribution < -0.4 is 15.2 Å². The predicted molar refractivity (Wildman–Crippen MR) is 80.6 cm³/mol. The van der Waals surface area contributed by atoms with Crippen LogP contribution in [0.2, 0.25) is 0 Å². The quantitative estimate of drug-likeness (QED) is 0.784. The molecule has 0 aliphatic rings. The molecule has 0 saturated heterocycles. The van der Waals surface area contributed by atoms with Gasteiger partial charge in [0.1, 0.15) is 0 Å². The molecule has 0 unspecified atom stereocenters. The summed E-state index contributed by atoms with van der Waals surface area (Å²) >= 11 is 1.77. The van der Waals surface area contributed by atoms with Crippen molar-refractivity contribution in [1.82, 2.24) is 0 Å². The smallest absolute Gasteiger partial charge is 0.174 e. The third-order valence-corrected chi connectivity index (χ3v) is 3.22. The third kappa shape index (κ3) is 4.59. The van der Waals surface area contributed by atoms with E-state index in [9.17, 15) is 0 Å². The Kier molecular flexibility index (Phi) is 9.06. The molecular weight excluding hydrogens is 270 g/mol.